The molecule has 0 bridgehead atoms. The van der Waals surface area contributed by atoms with Crippen molar-refractivity contribution in [2.45, 2.75) is 38.0 Å². The van der Waals surface area contributed by atoms with Crippen LogP contribution >= 0.6 is 0 Å². The molecule has 1 fully saturated rings. The summed E-state index contributed by atoms with van der Waals surface area (Å²) in [5, 5.41) is 3.50. The summed E-state index contributed by atoms with van der Waals surface area (Å²) in [5.74, 6) is 1.70. The first kappa shape index (κ1) is 13.4. The van der Waals surface area contributed by atoms with E-state index in [1.165, 1.54) is 6.42 Å². The molecule has 2 heterocycles. The van der Waals surface area contributed by atoms with Crippen molar-refractivity contribution in [1.82, 2.24) is 10.3 Å². The Labute approximate surface area is 119 Å². The fourth-order valence-electron chi connectivity index (χ4n) is 3.21. The van der Waals surface area contributed by atoms with Crippen molar-refractivity contribution in [3.8, 4) is 5.75 Å². The van der Waals surface area contributed by atoms with Crippen molar-refractivity contribution in [2.24, 2.45) is 0 Å². The van der Waals surface area contributed by atoms with Crippen LogP contribution in [0.3, 0.4) is 0 Å². The molecule has 1 N–H and O–H groups in total. The molecule has 0 radical (unpaired) electrons. The van der Waals surface area contributed by atoms with E-state index in [0.717, 1.165) is 55.1 Å². The van der Waals surface area contributed by atoms with Gasteiger partial charge in [-0.25, -0.2) is 4.98 Å². The molecule has 108 valence electrons. The molecule has 1 aromatic heterocycles. The lowest BCUT2D eigenvalue weighted by Gasteiger charge is -2.34. The molecule has 1 unspecified atom stereocenters. The second-order valence-electron chi connectivity index (χ2n) is 5.66. The van der Waals surface area contributed by atoms with Crippen molar-refractivity contribution >= 4 is 11.1 Å². The Bertz CT molecular complexity index is 580. The zero-order valence-electron chi connectivity index (χ0n) is 12.2. The molecule has 20 heavy (non-hydrogen) atoms. The minimum atomic E-state index is 0.0548. The van der Waals surface area contributed by atoms with Crippen molar-refractivity contribution in [1.29, 1.82) is 0 Å². The largest absolute Gasteiger partial charge is 0.497 e. The lowest BCUT2D eigenvalue weighted by molar-refractivity contribution is 0.239. The summed E-state index contributed by atoms with van der Waals surface area (Å²) in [6, 6.07) is 5.82. The molecule has 2 aromatic rings. The smallest absolute Gasteiger partial charge is 0.202 e. The van der Waals surface area contributed by atoms with Crippen LogP contribution in [0.1, 0.15) is 38.5 Å². The summed E-state index contributed by atoms with van der Waals surface area (Å²) in [5.41, 5.74) is 1.79. The number of nitrogens with zero attached hydrogens (tertiary/aromatic N) is 1. The fourth-order valence-corrected chi connectivity index (χ4v) is 3.21. The van der Waals surface area contributed by atoms with Crippen LogP contribution in [-0.4, -0.2) is 25.2 Å². The van der Waals surface area contributed by atoms with E-state index in [2.05, 4.69) is 12.2 Å². The SMILES string of the molecule is CCCC1(c2nc3ccc(OC)cc3o2)CCCNC1. The molecule has 0 aliphatic carbocycles. The van der Waals surface area contributed by atoms with Crippen molar-refractivity contribution in [3.63, 3.8) is 0 Å². The summed E-state index contributed by atoms with van der Waals surface area (Å²) >= 11 is 0. The molecule has 0 amide bonds. The third-order valence-electron chi connectivity index (χ3n) is 4.25. The minimum absolute atomic E-state index is 0.0548. The van der Waals surface area contributed by atoms with Gasteiger partial charge in [-0.1, -0.05) is 13.3 Å². The van der Waals surface area contributed by atoms with Gasteiger partial charge in [0, 0.05) is 12.6 Å². The summed E-state index contributed by atoms with van der Waals surface area (Å²) in [6.07, 6.45) is 4.59. The monoisotopic (exact) mass is 274 g/mol. The maximum absolute atomic E-state index is 6.07. The second kappa shape index (κ2) is 5.44. The molecule has 1 aliphatic rings. The van der Waals surface area contributed by atoms with Gasteiger partial charge in [0.2, 0.25) is 5.89 Å². The first-order chi connectivity index (χ1) is 9.77. The quantitative estimate of drug-likeness (QED) is 0.929. The van der Waals surface area contributed by atoms with Crippen LogP contribution in [0, 0.1) is 0 Å². The van der Waals surface area contributed by atoms with E-state index < -0.39 is 0 Å². The van der Waals surface area contributed by atoms with Gasteiger partial charge in [0.05, 0.1) is 12.5 Å². The van der Waals surface area contributed by atoms with Gasteiger partial charge in [-0.05, 0) is 37.9 Å². The minimum Gasteiger partial charge on any atom is -0.497 e. The second-order valence-corrected chi connectivity index (χ2v) is 5.66. The zero-order chi connectivity index (χ0) is 14.0. The molecule has 1 saturated heterocycles. The lowest BCUT2D eigenvalue weighted by Crippen LogP contribution is -2.43. The third-order valence-corrected chi connectivity index (χ3v) is 4.25. The highest BCUT2D eigenvalue weighted by Gasteiger charge is 2.37. The van der Waals surface area contributed by atoms with Crippen LogP contribution in [0.25, 0.3) is 11.1 Å². The lowest BCUT2D eigenvalue weighted by atomic mass is 9.77. The van der Waals surface area contributed by atoms with Gasteiger partial charge < -0.3 is 14.5 Å². The molecular formula is C16H22N2O2. The average molecular weight is 274 g/mol. The molecule has 0 saturated carbocycles. The highest BCUT2D eigenvalue weighted by molar-refractivity contribution is 5.74. The van der Waals surface area contributed by atoms with E-state index in [0.29, 0.717) is 0 Å². The number of benzene rings is 1. The van der Waals surface area contributed by atoms with E-state index in [-0.39, 0.29) is 5.41 Å². The molecular weight excluding hydrogens is 252 g/mol. The Morgan fingerprint density at radius 1 is 1.45 bits per heavy atom. The van der Waals surface area contributed by atoms with Gasteiger partial charge in [0.25, 0.3) is 0 Å². The van der Waals surface area contributed by atoms with Crippen LogP contribution in [0.5, 0.6) is 5.75 Å². The number of aromatic nitrogens is 1. The number of rotatable bonds is 4. The first-order valence-electron chi connectivity index (χ1n) is 7.43. The topological polar surface area (TPSA) is 47.3 Å². The first-order valence-corrected chi connectivity index (χ1v) is 7.43. The summed E-state index contributed by atoms with van der Waals surface area (Å²) < 4.78 is 11.3. The van der Waals surface area contributed by atoms with Crippen LogP contribution in [0.2, 0.25) is 0 Å². The number of methoxy groups -OCH3 is 1. The normalized spacial score (nSPS) is 23.1. The number of nitrogens with one attached hydrogen (secondary N) is 1. The highest BCUT2D eigenvalue weighted by Crippen LogP contribution is 2.37. The molecule has 4 heteroatoms. The maximum atomic E-state index is 6.07. The average Bonchev–Trinajstić information content (AvgIpc) is 2.92. The number of oxazole rings is 1. The summed E-state index contributed by atoms with van der Waals surface area (Å²) in [7, 11) is 1.67. The zero-order valence-corrected chi connectivity index (χ0v) is 12.2. The maximum Gasteiger partial charge on any atom is 0.202 e. The van der Waals surface area contributed by atoms with Gasteiger partial charge in [0.15, 0.2) is 5.58 Å². The van der Waals surface area contributed by atoms with Crippen LogP contribution in [-0.2, 0) is 5.41 Å². The molecule has 1 aromatic carbocycles. The number of ether oxygens (including phenoxy) is 1. The van der Waals surface area contributed by atoms with Gasteiger partial charge in [0.1, 0.15) is 11.3 Å². The van der Waals surface area contributed by atoms with Gasteiger partial charge >= 0.3 is 0 Å². The third kappa shape index (κ3) is 2.29. The molecule has 3 rings (SSSR count). The Morgan fingerprint density at radius 3 is 3.05 bits per heavy atom. The molecule has 1 aliphatic heterocycles. The van der Waals surface area contributed by atoms with Crippen LogP contribution < -0.4 is 10.1 Å². The van der Waals surface area contributed by atoms with Gasteiger partial charge in [-0.3, -0.25) is 0 Å². The van der Waals surface area contributed by atoms with Gasteiger partial charge in [-0.2, -0.15) is 0 Å². The standard InChI is InChI=1S/C16H22N2O2/c1-3-7-16(8-4-9-17-11-16)15-18-13-6-5-12(19-2)10-14(13)20-15/h5-6,10,17H,3-4,7-9,11H2,1-2H3. The van der Waals surface area contributed by atoms with Crippen molar-refractivity contribution in [3.05, 3.63) is 24.1 Å². The number of hydrogen-bond donors (Lipinski definition) is 1. The van der Waals surface area contributed by atoms with Crippen LogP contribution in [0.15, 0.2) is 22.6 Å². The number of piperidine rings is 1. The Balaban J connectivity index is 2.02. The summed E-state index contributed by atoms with van der Waals surface area (Å²) in [6.45, 7) is 4.28. The highest BCUT2D eigenvalue weighted by atomic mass is 16.5. The Hall–Kier alpha value is -1.55. The predicted octanol–water partition coefficient (Wildman–Crippen LogP) is 3.26. The van der Waals surface area contributed by atoms with Gasteiger partial charge in [-0.15, -0.1) is 0 Å². The van der Waals surface area contributed by atoms with E-state index in [1.807, 2.05) is 18.2 Å². The number of hydrogen-bond acceptors (Lipinski definition) is 4. The number of fused-ring (bicyclic) bond motifs is 1. The van der Waals surface area contributed by atoms with E-state index in [4.69, 9.17) is 14.1 Å². The molecule has 0 spiro atoms. The molecule has 4 nitrogen and oxygen atoms in total. The Morgan fingerprint density at radius 2 is 2.35 bits per heavy atom. The van der Waals surface area contributed by atoms with E-state index in [1.54, 1.807) is 7.11 Å². The Kier molecular flexibility index (Phi) is 3.66. The fraction of sp³-hybridized carbons (Fsp3) is 0.562. The van der Waals surface area contributed by atoms with Crippen molar-refractivity contribution < 1.29 is 9.15 Å². The van der Waals surface area contributed by atoms with Crippen molar-refractivity contribution in [2.75, 3.05) is 20.2 Å². The van der Waals surface area contributed by atoms with E-state index in [9.17, 15) is 0 Å². The predicted molar refractivity (Wildman–Crippen MR) is 79.3 cm³/mol. The van der Waals surface area contributed by atoms with E-state index >= 15 is 0 Å². The van der Waals surface area contributed by atoms with Crippen LogP contribution in [0.4, 0.5) is 0 Å². The summed E-state index contributed by atoms with van der Waals surface area (Å²) in [4.78, 5) is 4.74. The molecule has 1 atom stereocenters.